The van der Waals surface area contributed by atoms with Gasteiger partial charge in [0.15, 0.2) is 0 Å². The highest BCUT2D eigenvalue weighted by atomic mass is 14.9. The Kier molecular flexibility index (Phi) is 4.18. The van der Waals surface area contributed by atoms with Crippen molar-refractivity contribution in [1.82, 2.24) is 5.32 Å². The lowest BCUT2D eigenvalue weighted by Gasteiger charge is -2.49. The summed E-state index contributed by atoms with van der Waals surface area (Å²) >= 11 is 0. The van der Waals surface area contributed by atoms with Crippen molar-refractivity contribution in [3.8, 4) is 0 Å². The van der Waals surface area contributed by atoms with Crippen LogP contribution in [0.25, 0.3) is 0 Å². The molecule has 0 aromatic heterocycles. The first kappa shape index (κ1) is 13.4. The van der Waals surface area contributed by atoms with E-state index in [1.807, 2.05) is 0 Å². The molecule has 0 aromatic carbocycles. The first-order valence-electron chi connectivity index (χ1n) is 7.75. The lowest BCUT2D eigenvalue weighted by molar-refractivity contribution is 0.0175. The summed E-state index contributed by atoms with van der Waals surface area (Å²) in [6.07, 6.45) is 7.33. The molecular formula is C16H31N. The molecule has 1 nitrogen and oxygen atoms in total. The van der Waals surface area contributed by atoms with E-state index in [0.29, 0.717) is 5.41 Å². The van der Waals surface area contributed by atoms with Gasteiger partial charge in [-0.2, -0.15) is 0 Å². The highest BCUT2D eigenvalue weighted by molar-refractivity contribution is 4.93. The van der Waals surface area contributed by atoms with Crippen LogP contribution in [0, 0.1) is 29.1 Å². The Morgan fingerprint density at radius 1 is 0.882 bits per heavy atom. The number of rotatable bonds is 2. The van der Waals surface area contributed by atoms with Crippen molar-refractivity contribution >= 4 is 0 Å². The van der Waals surface area contributed by atoms with Crippen LogP contribution < -0.4 is 5.32 Å². The smallest absolute Gasteiger partial charge is 0.00202 e. The van der Waals surface area contributed by atoms with E-state index in [1.165, 1.54) is 45.2 Å². The van der Waals surface area contributed by atoms with Gasteiger partial charge in [0.1, 0.15) is 0 Å². The second kappa shape index (κ2) is 5.30. The minimum atomic E-state index is 0.609. The van der Waals surface area contributed by atoms with E-state index < -0.39 is 0 Å². The van der Waals surface area contributed by atoms with Crippen molar-refractivity contribution in [2.75, 3.05) is 13.1 Å². The van der Waals surface area contributed by atoms with Crippen LogP contribution in [0.4, 0.5) is 0 Å². The van der Waals surface area contributed by atoms with Gasteiger partial charge in [-0.15, -0.1) is 0 Å². The average molecular weight is 237 g/mol. The molecule has 1 N–H and O–H groups in total. The van der Waals surface area contributed by atoms with E-state index in [9.17, 15) is 0 Å². The predicted octanol–water partition coefficient (Wildman–Crippen LogP) is 4.08. The molecule has 100 valence electrons. The zero-order valence-electron chi connectivity index (χ0n) is 12.3. The van der Waals surface area contributed by atoms with Crippen molar-refractivity contribution in [2.24, 2.45) is 29.1 Å². The Hall–Kier alpha value is -0.0400. The first-order chi connectivity index (χ1) is 8.04. The maximum absolute atomic E-state index is 3.70. The summed E-state index contributed by atoms with van der Waals surface area (Å²) < 4.78 is 0. The Labute approximate surface area is 108 Å². The number of nitrogens with one attached hydrogen (secondary N) is 1. The molecule has 1 saturated carbocycles. The molecule has 2 saturated heterocycles. The van der Waals surface area contributed by atoms with Crippen LogP contribution in [0.15, 0.2) is 0 Å². The summed E-state index contributed by atoms with van der Waals surface area (Å²) in [5.41, 5.74) is 0.609. The van der Waals surface area contributed by atoms with Gasteiger partial charge >= 0.3 is 0 Å². The molecule has 2 heterocycles. The van der Waals surface area contributed by atoms with Gasteiger partial charge in [-0.3, -0.25) is 0 Å². The van der Waals surface area contributed by atoms with Crippen LogP contribution in [0.2, 0.25) is 0 Å². The Bertz CT molecular complexity index is 210. The van der Waals surface area contributed by atoms with Crippen molar-refractivity contribution < 1.29 is 0 Å². The molecule has 1 heteroatoms. The topological polar surface area (TPSA) is 12.0 Å². The zero-order valence-corrected chi connectivity index (χ0v) is 12.3. The van der Waals surface area contributed by atoms with Gasteiger partial charge in [0.25, 0.3) is 0 Å². The molecule has 0 radical (unpaired) electrons. The molecule has 17 heavy (non-hydrogen) atoms. The maximum Gasteiger partial charge on any atom is -0.00202 e. The van der Waals surface area contributed by atoms with Crippen molar-refractivity contribution in [3.05, 3.63) is 0 Å². The second-order valence-corrected chi connectivity index (χ2v) is 7.27. The third-order valence-electron chi connectivity index (χ3n) is 5.73. The second-order valence-electron chi connectivity index (χ2n) is 7.27. The predicted molar refractivity (Wildman–Crippen MR) is 75.0 cm³/mol. The van der Waals surface area contributed by atoms with Crippen LogP contribution in [0.1, 0.15) is 59.8 Å². The van der Waals surface area contributed by atoms with E-state index in [1.54, 1.807) is 0 Å². The van der Waals surface area contributed by atoms with Gasteiger partial charge in [0.2, 0.25) is 0 Å². The minimum absolute atomic E-state index is 0.609. The van der Waals surface area contributed by atoms with E-state index in [4.69, 9.17) is 0 Å². The monoisotopic (exact) mass is 237 g/mol. The first-order valence-corrected chi connectivity index (χ1v) is 7.75. The number of fused-ring (bicyclic) bond motifs is 6. The summed E-state index contributed by atoms with van der Waals surface area (Å²) in [5.74, 6) is 3.54. The number of hydrogen-bond acceptors (Lipinski definition) is 1. The summed E-state index contributed by atoms with van der Waals surface area (Å²) in [6, 6.07) is 0. The molecule has 3 rings (SSSR count). The molecule has 0 amide bonds. The normalized spacial score (nSPS) is 33.5. The molecule has 1 aliphatic carbocycles. The van der Waals surface area contributed by atoms with Crippen molar-refractivity contribution in [3.63, 3.8) is 0 Å². The molecule has 0 spiro atoms. The summed E-state index contributed by atoms with van der Waals surface area (Å²) in [5, 5.41) is 3.70. The van der Waals surface area contributed by atoms with Gasteiger partial charge in [-0.1, -0.05) is 34.1 Å². The van der Waals surface area contributed by atoms with Crippen molar-refractivity contribution in [2.45, 2.75) is 59.8 Å². The zero-order chi connectivity index (χ0) is 12.5. The molecule has 2 atom stereocenters. The largest absolute Gasteiger partial charge is 0.316 e. The fourth-order valence-electron chi connectivity index (χ4n) is 4.51. The Morgan fingerprint density at radius 2 is 1.35 bits per heavy atom. The van der Waals surface area contributed by atoms with Crippen LogP contribution in [-0.4, -0.2) is 13.1 Å². The number of hydrogen-bond donors (Lipinski definition) is 1. The third-order valence-corrected chi connectivity index (χ3v) is 5.73. The van der Waals surface area contributed by atoms with E-state index >= 15 is 0 Å². The van der Waals surface area contributed by atoms with Gasteiger partial charge in [-0.25, -0.2) is 0 Å². The fraction of sp³-hybridized carbons (Fsp3) is 1.00. The summed E-state index contributed by atoms with van der Waals surface area (Å²) in [6.45, 7) is 12.4. The molecular weight excluding hydrogens is 206 g/mol. The molecule has 2 bridgehead atoms. The van der Waals surface area contributed by atoms with Gasteiger partial charge in [0, 0.05) is 0 Å². The van der Waals surface area contributed by atoms with Crippen molar-refractivity contribution in [1.29, 1.82) is 0 Å². The average Bonchev–Trinajstić information content (AvgIpc) is 2.13. The van der Waals surface area contributed by atoms with Gasteiger partial charge in [-0.05, 0) is 67.9 Å². The maximum atomic E-state index is 3.70. The Balaban J connectivity index is 2.25. The molecule has 0 aromatic rings. The molecule has 2 unspecified atom stereocenters. The van der Waals surface area contributed by atoms with Crippen LogP contribution in [0.5, 0.6) is 0 Å². The highest BCUT2D eigenvalue weighted by Crippen LogP contribution is 2.50. The van der Waals surface area contributed by atoms with Crippen LogP contribution >= 0.6 is 0 Å². The quantitative estimate of drug-likeness (QED) is 0.763. The summed E-state index contributed by atoms with van der Waals surface area (Å²) in [7, 11) is 0. The van der Waals surface area contributed by atoms with Crippen LogP contribution in [-0.2, 0) is 0 Å². The van der Waals surface area contributed by atoms with Gasteiger partial charge in [0.05, 0.1) is 0 Å². The lowest BCUT2D eigenvalue weighted by Crippen LogP contribution is -2.45. The minimum Gasteiger partial charge on any atom is -0.316 e. The van der Waals surface area contributed by atoms with E-state index in [-0.39, 0.29) is 0 Å². The van der Waals surface area contributed by atoms with E-state index in [0.717, 1.165) is 23.7 Å². The molecule has 3 fully saturated rings. The molecule has 3 aliphatic rings. The SMILES string of the molecule is CC(C)C1(C(C)C)CC2CCCC(CNC2)C1. The lowest BCUT2D eigenvalue weighted by atomic mass is 9.58. The third kappa shape index (κ3) is 2.70. The van der Waals surface area contributed by atoms with Gasteiger partial charge < -0.3 is 5.32 Å². The molecule has 2 aliphatic heterocycles. The Morgan fingerprint density at radius 3 is 1.76 bits per heavy atom. The van der Waals surface area contributed by atoms with Crippen LogP contribution in [0.3, 0.4) is 0 Å². The summed E-state index contributed by atoms with van der Waals surface area (Å²) in [4.78, 5) is 0. The fourth-order valence-corrected chi connectivity index (χ4v) is 4.51. The highest BCUT2D eigenvalue weighted by Gasteiger charge is 2.42. The standard InChI is InChI=1S/C16H31N/c1-12(2)16(13(3)4)8-14-6-5-7-15(9-16)11-17-10-14/h12-15,17H,5-11H2,1-4H3. The van der Waals surface area contributed by atoms with E-state index in [2.05, 4.69) is 33.0 Å².